The Balaban J connectivity index is 1.29. The van der Waals surface area contributed by atoms with Gasteiger partial charge in [0.25, 0.3) is 0 Å². The second-order valence-corrected chi connectivity index (χ2v) is 6.70. The summed E-state index contributed by atoms with van der Waals surface area (Å²) in [6.07, 6.45) is 1.81. The summed E-state index contributed by atoms with van der Waals surface area (Å²) < 4.78 is 17.5. The first kappa shape index (κ1) is 17.9. The Bertz CT molecular complexity index is 1220. The molecule has 0 bridgehead atoms. The van der Waals surface area contributed by atoms with Crippen molar-refractivity contribution in [2.45, 2.75) is 13.5 Å². The zero-order chi connectivity index (χ0) is 20.5. The van der Waals surface area contributed by atoms with Crippen molar-refractivity contribution in [3.8, 4) is 28.6 Å². The summed E-state index contributed by atoms with van der Waals surface area (Å²) in [4.78, 5) is 16.7. The van der Waals surface area contributed by atoms with Crippen LogP contribution < -0.4 is 14.8 Å². The predicted octanol–water partition coefficient (Wildman–Crippen LogP) is 2.89. The number of para-hydroxylation sites is 1. The fourth-order valence-corrected chi connectivity index (χ4v) is 3.13. The summed E-state index contributed by atoms with van der Waals surface area (Å²) in [5.41, 5.74) is 3.20. The maximum atomic E-state index is 12.4. The van der Waals surface area contributed by atoms with Crippen molar-refractivity contribution in [1.29, 1.82) is 0 Å². The molecular weight excluding hydrogens is 386 g/mol. The van der Waals surface area contributed by atoms with Crippen molar-refractivity contribution in [3.63, 3.8) is 0 Å². The number of aromatic nitrogens is 4. The minimum absolute atomic E-state index is 0.113. The summed E-state index contributed by atoms with van der Waals surface area (Å²) in [6, 6.07) is 15.2. The van der Waals surface area contributed by atoms with Gasteiger partial charge in [0.15, 0.2) is 11.5 Å². The van der Waals surface area contributed by atoms with Crippen LogP contribution in [0.3, 0.4) is 0 Å². The van der Waals surface area contributed by atoms with Gasteiger partial charge in [-0.2, -0.15) is 10.1 Å². The zero-order valence-electron chi connectivity index (χ0n) is 16.0. The van der Waals surface area contributed by atoms with Crippen LogP contribution in [0.15, 0.2) is 59.3 Å². The first-order chi connectivity index (χ1) is 14.7. The highest BCUT2D eigenvalue weighted by Gasteiger charge is 2.20. The summed E-state index contributed by atoms with van der Waals surface area (Å²) >= 11 is 0. The monoisotopic (exact) mass is 403 g/mol. The van der Waals surface area contributed by atoms with E-state index in [4.69, 9.17) is 14.0 Å². The molecule has 0 saturated heterocycles. The van der Waals surface area contributed by atoms with E-state index in [-0.39, 0.29) is 19.2 Å². The largest absolute Gasteiger partial charge is 0.454 e. The average Bonchev–Trinajstić information content (AvgIpc) is 3.51. The van der Waals surface area contributed by atoms with Crippen LogP contribution in [-0.4, -0.2) is 32.6 Å². The molecule has 2 aromatic carbocycles. The van der Waals surface area contributed by atoms with Crippen LogP contribution in [0.1, 0.15) is 21.9 Å². The van der Waals surface area contributed by atoms with Crippen LogP contribution in [0.2, 0.25) is 0 Å². The van der Waals surface area contributed by atoms with Gasteiger partial charge in [0.1, 0.15) is 0 Å². The van der Waals surface area contributed by atoms with Gasteiger partial charge in [-0.25, -0.2) is 4.68 Å². The molecular formula is C21H17N5O4. The molecule has 0 atom stereocenters. The van der Waals surface area contributed by atoms with Crippen LogP contribution in [-0.2, 0) is 6.54 Å². The SMILES string of the molecule is Cc1nn(-c2ccccc2)cc1-c1noc(C(=O)NCc2ccc3c(c2)OCO3)n1. The second kappa shape index (κ2) is 7.36. The normalized spacial score (nSPS) is 12.2. The van der Waals surface area contributed by atoms with E-state index in [0.29, 0.717) is 22.9 Å². The highest BCUT2D eigenvalue weighted by Crippen LogP contribution is 2.32. The first-order valence-electron chi connectivity index (χ1n) is 9.30. The number of carbonyl (C=O) groups is 1. The molecule has 9 nitrogen and oxygen atoms in total. The van der Waals surface area contributed by atoms with E-state index in [1.165, 1.54) is 0 Å². The van der Waals surface area contributed by atoms with Gasteiger partial charge in [0.05, 0.1) is 16.9 Å². The number of fused-ring (bicyclic) bond motifs is 1. The Morgan fingerprint density at radius 1 is 1.13 bits per heavy atom. The predicted molar refractivity (Wildman–Crippen MR) is 105 cm³/mol. The van der Waals surface area contributed by atoms with Crippen molar-refractivity contribution in [2.75, 3.05) is 6.79 Å². The smallest absolute Gasteiger partial charge is 0.316 e. The van der Waals surface area contributed by atoms with Crippen LogP contribution in [0.5, 0.6) is 11.5 Å². The summed E-state index contributed by atoms with van der Waals surface area (Å²) in [7, 11) is 0. The average molecular weight is 403 g/mol. The summed E-state index contributed by atoms with van der Waals surface area (Å²) in [6.45, 7) is 2.35. The molecule has 0 spiro atoms. The van der Waals surface area contributed by atoms with E-state index >= 15 is 0 Å². The fourth-order valence-electron chi connectivity index (χ4n) is 3.13. The van der Waals surface area contributed by atoms with Crippen molar-refractivity contribution in [2.24, 2.45) is 0 Å². The summed E-state index contributed by atoms with van der Waals surface area (Å²) in [5.74, 6) is 1.09. The lowest BCUT2D eigenvalue weighted by atomic mass is 10.2. The summed E-state index contributed by atoms with van der Waals surface area (Å²) in [5, 5.41) is 11.2. The number of hydrogen-bond acceptors (Lipinski definition) is 7. The van der Waals surface area contributed by atoms with Crippen molar-refractivity contribution >= 4 is 5.91 Å². The van der Waals surface area contributed by atoms with E-state index in [1.54, 1.807) is 4.68 Å². The Labute approximate surface area is 171 Å². The molecule has 1 N–H and O–H groups in total. The molecule has 9 heteroatoms. The molecule has 0 radical (unpaired) electrons. The number of amides is 1. The lowest BCUT2D eigenvalue weighted by Gasteiger charge is -2.03. The van der Waals surface area contributed by atoms with E-state index in [0.717, 1.165) is 16.9 Å². The number of nitrogens with zero attached hydrogens (tertiary/aromatic N) is 4. The van der Waals surface area contributed by atoms with Gasteiger partial charge in [-0.05, 0) is 36.8 Å². The number of aryl methyl sites for hydroxylation is 1. The van der Waals surface area contributed by atoms with Gasteiger partial charge in [0.2, 0.25) is 12.6 Å². The third-order valence-electron chi connectivity index (χ3n) is 4.67. The molecule has 0 fully saturated rings. The maximum Gasteiger partial charge on any atom is 0.316 e. The van der Waals surface area contributed by atoms with Crippen molar-refractivity contribution in [1.82, 2.24) is 25.2 Å². The quantitative estimate of drug-likeness (QED) is 0.546. The lowest BCUT2D eigenvalue weighted by molar-refractivity contribution is 0.0907. The minimum atomic E-state index is -0.459. The number of benzene rings is 2. The van der Waals surface area contributed by atoms with E-state index in [1.807, 2.05) is 61.7 Å². The van der Waals surface area contributed by atoms with Gasteiger partial charge < -0.3 is 19.3 Å². The molecule has 1 aliphatic heterocycles. The lowest BCUT2D eigenvalue weighted by Crippen LogP contribution is -2.23. The van der Waals surface area contributed by atoms with Crippen LogP contribution in [0.4, 0.5) is 0 Å². The van der Waals surface area contributed by atoms with Crippen LogP contribution >= 0.6 is 0 Å². The molecule has 0 aliphatic carbocycles. The van der Waals surface area contributed by atoms with E-state index in [9.17, 15) is 4.79 Å². The van der Waals surface area contributed by atoms with E-state index < -0.39 is 5.91 Å². The third-order valence-corrected chi connectivity index (χ3v) is 4.67. The molecule has 0 saturated carbocycles. The minimum Gasteiger partial charge on any atom is -0.454 e. The standard InChI is InChI=1S/C21H17N5O4/c1-13-16(11-26(24-13)15-5-3-2-4-6-15)19-23-21(30-25-19)20(27)22-10-14-7-8-17-18(9-14)29-12-28-17/h2-9,11H,10,12H2,1H3,(H,22,27). The molecule has 4 aromatic rings. The number of nitrogens with one attached hydrogen (secondary N) is 1. The molecule has 5 rings (SSSR count). The number of rotatable bonds is 5. The van der Waals surface area contributed by atoms with Crippen LogP contribution in [0.25, 0.3) is 17.1 Å². The van der Waals surface area contributed by atoms with Crippen LogP contribution in [0, 0.1) is 6.92 Å². The van der Waals surface area contributed by atoms with Gasteiger partial charge >= 0.3 is 11.8 Å². The Morgan fingerprint density at radius 2 is 1.97 bits per heavy atom. The first-order valence-corrected chi connectivity index (χ1v) is 9.30. The van der Waals surface area contributed by atoms with Gasteiger partial charge in [0, 0.05) is 12.7 Å². The number of hydrogen-bond donors (Lipinski definition) is 1. The molecule has 3 heterocycles. The Morgan fingerprint density at radius 3 is 2.83 bits per heavy atom. The molecule has 1 amide bonds. The highest BCUT2D eigenvalue weighted by molar-refractivity contribution is 5.89. The molecule has 150 valence electrons. The third kappa shape index (κ3) is 3.37. The fraction of sp³-hybridized carbons (Fsp3) is 0.143. The number of carbonyl (C=O) groups excluding carboxylic acids is 1. The maximum absolute atomic E-state index is 12.4. The second-order valence-electron chi connectivity index (χ2n) is 6.70. The molecule has 30 heavy (non-hydrogen) atoms. The topological polar surface area (TPSA) is 104 Å². The van der Waals surface area contributed by atoms with E-state index in [2.05, 4.69) is 20.6 Å². The van der Waals surface area contributed by atoms with Gasteiger partial charge in [-0.15, -0.1) is 0 Å². The molecule has 0 unspecified atom stereocenters. The zero-order valence-corrected chi connectivity index (χ0v) is 16.0. The molecule has 1 aliphatic rings. The Hall–Kier alpha value is -4.14. The Kier molecular flexibility index (Phi) is 4.40. The van der Waals surface area contributed by atoms with Crippen molar-refractivity contribution in [3.05, 3.63) is 71.9 Å². The van der Waals surface area contributed by atoms with Gasteiger partial charge in [-0.3, -0.25) is 4.79 Å². The number of ether oxygens (including phenoxy) is 2. The highest BCUT2D eigenvalue weighted by atomic mass is 16.7. The van der Waals surface area contributed by atoms with Gasteiger partial charge in [-0.1, -0.05) is 29.4 Å². The van der Waals surface area contributed by atoms with Crippen molar-refractivity contribution < 1.29 is 18.8 Å². The molecule has 2 aromatic heterocycles.